The Morgan fingerprint density at radius 1 is 0.833 bits per heavy atom. The van der Waals surface area contributed by atoms with E-state index in [0.717, 1.165) is 27.8 Å². The van der Waals surface area contributed by atoms with Crippen LogP contribution in [0.15, 0.2) is 102 Å². The maximum Gasteiger partial charge on any atom is 0.305 e. The Morgan fingerprint density at radius 2 is 1.61 bits per heavy atom. The fourth-order valence-electron chi connectivity index (χ4n) is 3.83. The van der Waals surface area contributed by atoms with Crippen molar-refractivity contribution in [3.63, 3.8) is 0 Å². The van der Waals surface area contributed by atoms with Crippen LogP contribution in [0.2, 0.25) is 0 Å². The number of benzene rings is 2. The van der Waals surface area contributed by atoms with E-state index < -0.39 is 10.0 Å². The summed E-state index contributed by atoms with van der Waals surface area (Å²) in [7, 11) is -2.50. The number of hydrogen-bond acceptors (Lipinski definition) is 6. The second-order valence-electron chi connectivity index (χ2n) is 8.28. The predicted molar refractivity (Wildman–Crippen MR) is 137 cm³/mol. The van der Waals surface area contributed by atoms with Gasteiger partial charge in [0.1, 0.15) is 0 Å². The molecule has 184 valence electrons. The number of aryl methyl sites for hydroxylation is 1. The SMILES string of the molecule is COC(=O)CCc1cccc(CN(Cc2ccc(-c3cccnc3)cc2)S(=O)(=O)c2ccccn2)c1. The molecule has 2 aromatic carbocycles. The molecule has 0 amide bonds. The van der Waals surface area contributed by atoms with Crippen LogP contribution in [0, 0.1) is 0 Å². The van der Waals surface area contributed by atoms with Crippen molar-refractivity contribution in [1.29, 1.82) is 0 Å². The minimum absolute atomic E-state index is 0.00109. The van der Waals surface area contributed by atoms with Gasteiger partial charge >= 0.3 is 5.97 Å². The molecule has 0 unspecified atom stereocenters. The number of pyridine rings is 2. The minimum Gasteiger partial charge on any atom is -0.469 e. The highest BCUT2D eigenvalue weighted by molar-refractivity contribution is 7.89. The van der Waals surface area contributed by atoms with E-state index in [1.54, 1.807) is 24.5 Å². The Morgan fingerprint density at radius 3 is 2.31 bits per heavy atom. The molecule has 2 heterocycles. The van der Waals surface area contributed by atoms with E-state index in [1.807, 2.05) is 60.7 Å². The highest BCUT2D eigenvalue weighted by Crippen LogP contribution is 2.23. The van der Waals surface area contributed by atoms with Gasteiger partial charge in [-0.2, -0.15) is 4.31 Å². The van der Waals surface area contributed by atoms with Crippen LogP contribution in [-0.2, 0) is 39.1 Å². The normalized spacial score (nSPS) is 11.4. The molecule has 0 atom stereocenters. The van der Waals surface area contributed by atoms with Gasteiger partial charge in [-0.25, -0.2) is 13.4 Å². The molecule has 0 aliphatic carbocycles. The van der Waals surface area contributed by atoms with Crippen molar-refractivity contribution in [2.75, 3.05) is 7.11 Å². The average molecular weight is 502 g/mol. The van der Waals surface area contributed by atoms with Gasteiger partial charge in [-0.05, 0) is 52.4 Å². The molecule has 0 spiro atoms. The quantitative estimate of drug-likeness (QED) is 0.294. The van der Waals surface area contributed by atoms with E-state index in [0.29, 0.717) is 6.42 Å². The molecule has 0 saturated carbocycles. The Bertz CT molecular complexity index is 1390. The number of aromatic nitrogens is 2. The third-order valence-corrected chi connectivity index (χ3v) is 7.45. The number of carbonyl (C=O) groups is 1. The van der Waals surface area contributed by atoms with E-state index in [-0.39, 0.29) is 30.5 Å². The van der Waals surface area contributed by atoms with Gasteiger partial charge in [0.25, 0.3) is 10.0 Å². The zero-order chi connectivity index (χ0) is 25.4. The molecule has 4 aromatic rings. The Balaban J connectivity index is 1.60. The van der Waals surface area contributed by atoms with E-state index in [9.17, 15) is 13.2 Å². The highest BCUT2D eigenvalue weighted by Gasteiger charge is 2.26. The van der Waals surface area contributed by atoms with Crippen molar-refractivity contribution < 1.29 is 17.9 Å². The molecule has 0 saturated heterocycles. The summed E-state index contributed by atoms with van der Waals surface area (Å²) in [5, 5.41) is -0.00109. The number of methoxy groups -OCH3 is 1. The third kappa shape index (κ3) is 6.41. The molecule has 4 rings (SSSR count). The number of ether oxygens (including phenoxy) is 1. The van der Waals surface area contributed by atoms with Gasteiger partial charge in [0.15, 0.2) is 5.03 Å². The molecule has 0 aliphatic heterocycles. The number of carbonyl (C=O) groups excluding carboxylic acids is 1. The second-order valence-corrected chi connectivity index (χ2v) is 10.2. The van der Waals surface area contributed by atoms with Gasteiger partial charge in [0.05, 0.1) is 7.11 Å². The first-order chi connectivity index (χ1) is 17.5. The number of sulfonamides is 1. The predicted octanol–water partition coefficient (Wildman–Crippen LogP) is 4.64. The van der Waals surface area contributed by atoms with Crippen LogP contribution < -0.4 is 0 Å². The van der Waals surface area contributed by atoms with Crippen LogP contribution in [0.3, 0.4) is 0 Å². The van der Waals surface area contributed by atoms with Crippen molar-refractivity contribution in [2.24, 2.45) is 0 Å². The van der Waals surface area contributed by atoms with Crippen LogP contribution in [0.5, 0.6) is 0 Å². The highest BCUT2D eigenvalue weighted by atomic mass is 32.2. The van der Waals surface area contributed by atoms with E-state index in [4.69, 9.17) is 4.74 Å². The standard InChI is InChI=1S/C28H27N3O4S/c1-35-28(32)15-12-22-6-4-7-24(18-22)21-31(36(33,34)27-9-2-3-17-30-27)20-23-10-13-25(14-11-23)26-8-5-16-29-19-26/h2-11,13-14,16-19H,12,15,20-21H2,1H3. The number of nitrogens with zero attached hydrogens (tertiary/aromatic N) is 3. The summed E-state index contributed by atoms with van der Waals surface area (Å²) in [5.41, 5.74) is 4.61. The second kappa shape index (κ2) is 11.7. The fraction of sp³-hybridized carbons (Fsp3) is 0.179. The molecular weight excluding hydrogens is 474 g/mol. The van der Waals surface area contributed by atoms with Crippen molar-refractivity contribution in [3.05, 3.63) is 114 Å². The minimum atomic E-state index is -3.86. The average Bonchev–Trinajstić information content (AvgIpc) is 2.93. The lowest BCUT2D eigenvalue weighted by atomic mass is 10.1. The van der Waals surface area contributed by atoms with Gasteiger partial charge in [0.2, 0.25) is 0 Å². The van der Waals surface area contributed by atoms with Crippen LogP contribution in [0.4, 0.5) is 0 Å². The zero-order valence-electron chi connectivity index (χ0n) is 19.9. The summed E-state index contributed by atoms with van der Waals surface area (Å²) in [6.45, 7) is 0.341. The van der Waals surface area contributed by atoms with Gasteiger partial charge in [-0.15, -0.1) is 0 Å². The van der Waals surface area contributed by atoms with Crippen molar-refractivity contribution in [1.82, 2.24) is 14.3 Å². The van der Waals surface area contributed by atoms with E-state index >= 15 is 0 Å². The van der Waals surface area contributed by atoms with Crippen LogP contribution in [-0.4, -0.2) is 35.8 Å². The van der Waals surface area contributed by atoms with Crippen LogP contribution in [0.25, 0.3) is 11.1 Å². The number of rotatable bonds is 10. The summed E-state index contributed by atoms with van der Waals surface area (Å²) in [6.07, 6.45) is 5.77. The smallest absolute Gasteiger partial charge is 0.305 e. The lowest BCUT2D eigenvalue weighted by Gasteiger charge is -2.22. The van der Waals surface area contributed by atoms with Crippen molar-refractivity contribution in [3.8, 4) is 11.1 Å². The molecule has 0 radical (unpaired) electrons. The molecule has 2 aromatic heterocycles. The molecule has 0 fully saturated rings. The summed E-state index contributed by atoms with van der Waals surface area (Å²) in [6, 6.07) is 24.1. The first-order valence-corrected chi connectivity index (χ1v) is 12.9. The lowest BCUT2D eigenvalue weighted by molar-refractivity contribution is -0.140. The first kappa shape index (κ1) is 25.2. The van der Waals surface area contributed by atoms with Crippen molar-refractivity contribution in [2.45, 2.75) is 31.0 Å². The largest absolute Gasteiger partial charge is 0.469 e. The number of esters is 1. The maximum atomic E-state index is 13.6. The van der Waals surface area contributed by atoms with Crippen molar-refractivity contribution >= 4 is 16.0 Å². The zero-order valence-corrected chi connectivity index (χ0v) is 20.8. The van der Waals surface area contributed by atoms with E-state index in [2.05, 4.69) is 9.97 Å². The first-order valence-electron chi connectivity index (χ1n) is 11.5. The molecule has 8 heteroatoms. The van der Waals surface area contributed by atoms with Crippen LogP contribution in [0.1, 0.15) is 23.1 Å². The van der Waals surface area contributed by atoms with Crippen LogP contribution >= 0.6 is 0 Å². The van der Waals surface area contributed by atoms with E-state index in [1.165, 1.54) is 23.7 Å². The Labute approximate surface area is 211 Å². The Hall–Kier alpha value is -3.88. The molecule has 36 heavy (non-hydrogen) atoms. The summed E-state index contributed by atoms with van der Waals surface area (Å²) in [5.74, 6) is -0.283. The topological polar surface area (TPSA) is 89.5 Å². The molecule has 0 aliphatic rings. The molecule has 0 bridgehead atoms. The summed E-state index contributed by atoms with van der Waals surface area (Å²) >= 11 is 0. The summed E-state index contributed by atoms with van der Waals surface area (Å²) in [4.78, 5) is 19.8. The van der Waals surface area contributed by atoms with Gasteiger partial charge in [0, 0.05) is 38.1 Å². The lowest BCUT2D eigenvalue weighted by Crippen LogP contribution is -2.31. The van der Waals surface area contributed by atoms with Gasteiger partial charge in [-0.3, -0.25) is 9.78 Å². The maximum absolute atomic E-state index is 13.6. The third-order valence-electron chi connectivity index (χ3n) is 5.75. The molecular formula is C28H27N3O4S. The summed E-state index contributed by atoms with van der Waals surface area (Å²) < 4.78 is 33.3. The monoisotopic (exact) mass is 501 g/mol. The van der Waals surface area contributed by atoms with Gasteiger partial charge in [-0.1, -0.05) is 60.7 Å². The molecule has 0 N–H and O–H groups in total. The van der Waals surface area contributed by atoms with Gasteiger partial charge < -0.3 is 4.74 Å². The number of hydrogen-bond donors (Lipinski definition) is 0. The Kier molecular flexibility index (Phi) is 8.20. The fourth-order valence-corrected chi connectivity index (χ4v) is 5.18. The molecule has 7 nitrogen and oxygen atoms in total.